The van der Waals surface area contributed by atoms with Gasteiger partial charge in [0.15, 0.2) is 11.9 Å². The van der Waals surface area contributed by atoms with E-state index in [0.717, 1.165) is 64.2 Å². The maximum absolute atomic E-state index is 12.7. The average molecular weight is 799 g/mol. The molecular weight excluding hydrogens is 717 g/mol. The molecule has 0 rings (SSSR count). The van der Waals surface area contributed by atoms with Crippen molar-refractivity contribution >= 4 is 25.5 Å². The van der Waals surface area contributed by atoms with Crippen LogP contribution < -0.4 is 0 Å². The normalized spacial score (nSPS) is 13.9. The number of quaternary nitrogens is 1. The third kappa shape index (κ3) is 39.9. The van der Waals surface area contributed by atoms with E-state index in [0.29, 0.717) is 30.3 Å². The number of carbonyl (C=O) groups excluding carboxylic acids is 3. The minimum absolute atomic E-state index is 0.0103. The third-order valence-corrected chi connectivity index (χ3v) is 10.1. The van der Waals surface area contributed by atoms with Crippen LogP contribution in [0.2, 0.25) is 0 Å². The number of phosphoric ester groups is 1. The molecule has 0 bridgehead atoms. The molecule has 55 heavy (non-hydrogen) atoms. The van der Waals surface area contributed by atoms with Gasteiger partial charge in [0.2, 0.25) is 0 Å². The molecule has 0 fully saturated rings. The van der Waals surface area contributed by atoms with Gasteiger partial charge in [-0.15, -0.1) is 0 Å². The van der Waals surface area contributed by atoms with E-state index >= 15 is 0 Å². The van der Waals surface area contributed by atoms with Gasteiger partial charge in [-0.2, -0.15) is 0 Å². The van der Waals surface area contributed by atoms with Crippen LogP contribution in [0.15, 0.2) is 36.5 Å². The molecule has 0 radical (unpaired) electrons. The summed E-state index contributed by atoms with van der Waals surface area (Å²) in [6.45, 7) is 4.21. The summed E-state index contributed by atoms with van der Waals surface area (Å²) in [5, 5.41) is 0. The minimum atomic E-state index is -4.40. The van der Waals surface area contributed by atoms with Crippen LogP contribution in [0.3, 0.4) is 0 Å². The fourth-order valence-electron chi connectivity index (χ4n) is 5.64. The largest absolute Gasteiger partial charge is 0.472 e. The monoisotopic (exact) mass is 799 g/mol. The van der Waals surface area contributed by atoms with Crippen molar-refractivity contribution in [3.05, 3.63) is 36.5 Å². The van der Waals surface area contributed by atoms with Crippen molar-refractivity contribution in [2.24, 2.45) is 0 Å². The van der Waals surface area contributed by atoms with Crippen LogP contribution in [0.1, 0.15) is 174 Å². The number of hydrogen-bond acceptors (Lipinski definition) is 8. The molecule has 0 aliphatic heterocycles. The van der Waals surface area contributed by atoms with Crippen LogP contribution in [0, 0.1) is 0 Å². The summed E-state index contributed by atoms with van der Waals surface area (Å²) >= 11 is 0. The molecule has 0 saturated heterocycles. The van der Waals surface area contributed by atoms with Gasteiger partial charge in [0.25, 0.3) is 0 Å². The van der Waals surface area contributed by atoms with Crippen LogP contribution >= 0.6 is 7.82 Å². The molecule has 11 heteroatoms. The zero-order chi connectivity index (χ0) is 40.9. The van der Waals surface area contributed by atoms with Crippen LogP contribution in [-0.4, -0.2) is 80.7 Å². The summed E-state index contributed by atoms with van der Waals surface area (Å²) in [4.78, 5) is 47.4. The lowest BCUT2D eigenvalue weighted by Crippen LogP contribution is -2.37. The second kappa shape index (κ2) is 36.3. The van der Waals surface area contributed by atoms with Crippen molar-refractivity contribution in [2.75, 3.05) is 47.5 Å². The van der Waals surface area contributed by atoms with E-state index in [1.807, 2.05) is 33.3 Å². The Morgan fingerprint density at radius 3 is 1.69 bits per heavy atom. The standard InChI is InChI=1S/C44H80NO9P/c1-6-8-10-12-14-15-16-17-18-19-20-21-23-27-32-36-44(48)54-42(40-53-55(49,50)52-38-37-45(3,4)5)39-51-43(47)35-31-28-24-26-30-34-41(46)33-29-25-22-13-11-9-7-2/h17-18,22,25,29,33,42H,6-16,19-21,23-24,26-28,30-32,34-40H2,1-5H3/p+1/b18-17-,25-22-,33-29+/t42-/m1/s1. The number of allylic oxidation sites excluding steroid dienone is 6. The molecule has 0 amide bonds. The number of nitrogens with zero attached hydrogens (tertiary/aromatic N) is 1. The topological polar surface area (TPSA) is 125 Å². The Morgan fingerprint density at radius 2 is 1.09 bits per heavy atom. The highest BCUT2D eigenvalue weighted by atomic mass is 31.2. The number of likely N-dealkylation sites (N-methyl/N-ethyl adjacent to an activating group) is 1. The highest BCUT2D eigenvalue weighted by Gasteiger charge is 2.27. The Labute approximate surface area is 336 Å². The molecule has 0 heterocycles. The molecule has 0 aromatic heterocycles. The number of ether oxygens (including phenoxy) is 2. The third-order valence-electron chi connectivity index (χ3n) is 9.12. The molecule has 0 aliphatic rings. The fourth-order valence-corrected chi connectivity index (χ4v) is 6.38. The van der Waals surface area contributed by atoms with E-state index in [1.165, 1.54) is 64.2 Å². The maximum atomic E-state index is 12.7. The van der Waals surface area contributed by atoms with E-state index in [4.69, 9.17) is 18.5 Å². The zero-order valence-electron chi connectivity index (χ0n) is 35.7. The molecule has 2 atom stereocenters. The molecule has 0 spiro atoms. The molecule has 0 aromatic carbocycles. The predicted octanol–water partition coefficient (Wildman–Crippen LogP) is 11.3. The summed E-state index contributed by atoms with van der Waals surface area (Å²) in [5.74, 6) is -0.774. The van der Waals surface area contributed by atoms with Crippen molar-refractivity contribution in [2.45, 2.75) is 180 Å². The lowest BCUT2D eigenvalue weighted by molar-refractivity contribution is -0.870. The van der Waals surface area contributed by atoms with Gasteiger partial charge < -0.3 is 18.9 Å². The van der Waals surface area contributed by atoms with E-state index in [2.05, 4.69) is 32.1 Å². The van der Waals surface area contributed by atoms with Gasteiger partial charge in [-0.1, -0.05) is 128 Å². The lowest BCUT2D eigenvalue weighted by atomic mass is 10.1. The highest BCUT2D eigenvalue weighted by Crippen LogP contribution is 2.43. The van der Waals surface area contributed by atoms with E-state index in [9.17, 15) is 23.8 Å². The van der Waals surface area contributed by atoms with Crippen molar-refractivity contribution in [3.63, 3.8) is 0 Å². The molecule has 0 aromatic rings. The van der Waals surface area contributed by atoms with Gasteiger partial charge >= 0.3 is 19.8 Å². The number of esters is 2. The lowest BCUT2D eigenvalue weighted by Gasteiger charge is -2.24. The van der Waals surface area contributed by atoms with Crippen LogP contribution in [0.25, 0.3) is 0 Å². The Bertz CT molecular complexity index is 1100. The Balaban J connectivity index is 4.47. The van der Waals surface area contributed by atoms with Gasteiger partial charge in [-0.05, 0) is 63.9 Å². The van der Waals surface area contributed by atoms with Crippen molar-refractivity contribution < 1.29 is 46.8 Å². The first-order chi connectivity index (χ1) is 26.4. The minimum Gasteiger partial charge on any atom is -0.462 e. The summed E-state index contributed by atoms with van der Waals surface area (Å²) < 4.78 is 34.2. The first-order valence-electron chi connectivity index (χ1n) is 21.7. The van der Waals surface area contributed by atoms with Gasteiger partial charge in [-0.3, -0.25) is 23.4 Å². The number of rotatable bonds is 39. The first kappa shape index (κ1) is 52.9. The summed E-state index contributed by atoms with van der Waals surface area (Å²) in [5.41, 5.74) is 0. The molecule has 1 unspecified atom stereocenters. The van der Waals surface area contributed by atoms with Crippen LogP contribution in [-0.2, 0) is 37.5 Å². The number of ketones is 1. The van der Waals surface area contributed by atoms with Gasteiger partial charge in [-0.25, -0.2) is 4.57 Å². The molecule has 10 nitrogen and oxygen atoms in total. The van der Waals surface area contributed by atoms with Gasteiger partial charge in [0.05, 0.1) is 27.7 Å². The van der Waals surface area contributed by atoms with E-state index in [-0.39, 0.29) is 31.8 Å². The summed E-state index contributed by atoms with van der Waals surface area (Å²) in [6.07, 6.45) is 35.8. The quantitative estimate of drug-likeness (QED) is 0.0123. The summed E-state index contributed by atoms with van der Waals surface area (Å²) in [6, 6.07) is 0. The Hall–Kier alpha value is -2.10. The van der Waals surface area contributed by atoms with Gasteiger partial charge in [0.1, 0.15) is 19.8 Å². The summed E-state index contributed by atoms with van der Waals surface area (Å²) in [7, 11) is 1.40. The smallest absolute Gasteiger partial charge is 0.462 e. The number of hydrogen-bond donors (Lipinski definition) is 1. The number of phosphoric acid groups is 1. The molecule has 0 saturated carbocycles. The SMILES string of the molecule is CCCCC/C=C\C=C\C(=O)CCCCCCCC(=O)OC[C@H](COP(=O)(O)OCC[N+](C)(C)C)OC(=O)CCCCCCC/C=C\CCCCCCCC. The molecule has 0 aliphatic carbocycles. The molecule has 320 valence electrons. The fraction of sp³-hybridized carbons (Fsp3) is 0.795. The average Bonchev–Trinajstić information content (AvgIpc) is 3.12. The van der Waals surface area contributed by atoms with Crippen molar-refractivity contribution in [1.82, 2.24) is 0 Å². The van der Waals surface area contributed by atoms with E-state index < -0.39 is 32.5 Å². The Kier molecular flexibility index (Phi) is 34.9. The van der Waals surface area contributed by atoms with Crippen molar-refractivity contribution in [3.8, 4) is 0 Å². The van der Waals surface area contributed by atoms with Gasteiger partial charge in [0, 0.05) is 19.3 Å². The maximum Gasteiger partial charge on any atom is 0.472 e. The van der Waals surface area contributed by atoms with E-state index in [1.54, 1.807) is 6.08 Å². The second-order valence-corrected chi connectivity index (χ2v) is 17.2. The number of carbonyl (C=O) groups is 3. The van der Waals surface area contributed by atoms with Crippen LogP contribution in [0.4, 0.5) is 0 Å². The van der Waals surface area contributed by atoms with Crippen molar-refractivity contribution in [1.29, 1.82) is 0 Å². The zero-order valence-corrected chi connectivity index (χ0v) is 36.5. The number of unbranched alkanes of at least 4 members (excludes halogenated alkanes) is 18. The second-order valence-electron chi connectivity index (χ2n) is 15.8. The molecular formula is C44H81NO9P+. The van der Waals surface area contributed by atoms with Crippen LogP contribution in [0.5, 0.6) is 0 Å². The molecule has 1 N–H and O–H groups in total. The highest BCUT2D eigenvalue weighted by molar-refractivity contribution is 7.47. The predicted molar refractivity (Wildman–Crippen MR) is 225 cm³/mol. The first-order valence-corrected chi connectivity index (χ1v) is 23.2. The Morgan fingerprint density at radius 1 is 0.600 bits per heavy atom.